The first-order valence-corrected chi connectivity index (χ1v) is 9.11. The molecule has 4 amide bonds. The summed E-state index contributed by atoms with van der Waals surface area (Å²) in [5.74, 6) is -0.818. The number of nitrogens with one attached hydrogen (secondary N) is 3. The van der Waals surface area contributed by atoms with Crippen molar-refractivity contribution >= 4 is 35.2 Å². The highest BCUT2D eigenvalue weighted by molar-refractivity contribution is 6.01. The van der Waals surface area contributed by atoms with Crippen LogP contribution in [-0.4, -0.2) is 77.5 Å². The van der Waals surface area contributed by atoms with Crippen LogP contribution in [0.3, 0.4) is 0 Å². The number of carbonyl (C=O) groups is 4. The standard InChI is InChI=1S/C18H23N5O5/c24-15-5-4-14(17(26)21-15)19-12-2-1-3-13(10-12)20-16(25)11-22-6-8-23(9-7-22)18(27)28/h1-3,10,14,19H,4-9,11H2,(H,20,25)(H,27,28)(H,21,24,26). The van der Waals surface area contributed by atoms with E-state index in [9.17, 15) is 19.2 Å². The lowest BCUT2D eigenvalue weighted by Crippen LogP contribution is -2.50. The fraction of sp³-hybridized carbons (Fsp3) is 0.444. The monoisotopic (exact) mass is 389 g/mol. The van der Waals surface area contributed by atoms with E-state index in [0.29, 0.717) is 44.0 Å². The van der Waals surface area contributed by atoms with Gasteiger partial charge >= 0.3 is 6.09 Å². The zero-order chi connectivity index (χ0) is 20.1. The lowest BCUT2D eigenvalue weighted by molar-refractivity contribution is -0.133. The van der Waals surface area contributed by atoms with Gasteiger partial charge in [0, 0.05) is 44.0 Å². The van der Waals surface area contributed by atoms with Crippen LogP contribution in [0.4, 0.5) is 16.2 Å². The van der Waals surface area contributed by atoms with Gasteiger partial charge in [-0.1, -0.05) is 6.07 Å². The van der Waals surface area contributed by atoms with Crippen molar-refractivity contribution in [1.82, 2.24) is 15.1 Å². The molecule has 0 aliphatic carbocycles. The minimum atomic E-state index is -0.940. The largest absolute Gasteiger partial charge is 0.465 e. The maximum Gasteiger partial charge on any atom is 0.407 e. The van der Waals surface area contributed by atoms with Gasteiger partial charge in [0.2, 0.25) is 17.7 Å². The molecule has 0 bridgehead atoms. The molecule has 0 aromatic heterocycles. The van der Waals surface area contributed by atoms with Gasteiger partial charge in [-0.3, -0.25) is 24.6 Å². The van der Waals surface area contributed by atoms with E-state index in [0.717, 1.165) is 0 Å². The van der Waals surface area contributed by atoms with E-state index in [1.165, 1.54) is 4.90 Å². The zero-order valence-electron chi connectivity index (χ0n) is 15.3. The van der Waals surface area contributed by atoms with E-state index in [-0.39, 0.29) is 30.7 Å². The Morgan fingerprint density at radius 1 is 1.14 bits per heavy atom. The number of benzene rings is 1. The third-order valence-corrected chi connectivity index (χ3v) is 4.74. The number of anilines is 2. The smallest absolute Gasteiger partial charge is 0.407 e. The summed E-state index contributed by atoms with van der Waals surface area (Å²) in [6, 6.07) is 6.52. The van der Waals surface area contributed by atoms with Crippen LogP contribution in [0.15, 0.2) is 24.3 Å². The van der Waals surface area contributed by atoms with Crippen molar-refractivity contribution in [2.24, 2.45) is 0 Å². The van der Waals surface area contributed by atoms with Gasteiger partial charge in [-0.2, -0.15) is 0 Å². The van der Waals surface area contributed by atoms with Crippen LogP contribution in [-0.2, 0) is 14.4 Å². The van der Waals surface area contributed by atoms with Crippen LogP contribution in [0.1, 0.15) is 12.8 Å². The lowest BCUT2D eigenvalue weighted by Gasteiger charge is -2.32. The van der Waals surface area contributed by atoms with Crippen molar-refractivity contribution in [2.45, 2.75) is 18.9 Å². The number of piperazine rings is 1. The third-order valence-electron chi connectivity index (χ3n) is 4.74. The Morgan fingerprint density at radius 2 is 1.86 bits per heavy atom. The average molecular weight is 389 g/mol. The summed E-state index contributed by atoms with van der Waals surface area (Å²) >= 11 is 0. The lowest BCUT2D eigenvalue weighted by atomic mass is 10.1. The van der Waals surface area contributed by atoms with Crippen LogP contribution >= 0.6 is 0 Å². The number of rotatable bonds is 5. The Balaban J connectivity index is 1.50. The SMILES string of the molecule is O=C1CCC(Nc2cccc(NC(=O)CN3CCN(C(=O)O)CC3)c2)C(=O)N1. The number of nitrogens with zero attached hydrogens (tertiary/aromatic N) is 2. The molecule has 10 nitrogen and oxygen atoms in total. The van der Waals surface area contributed by atoms with Gasteiger partial charge in [-0.25, -0.2) is 4.79 Å². The van der Waals surface area contributed by atoms with Gasteiger partial charge in [-0.05, 0) is 24.6 Å². The molecule has 2 heterocycles. The van der Waals surface area contributed by atoms with Crippen LogP contribution in [0.5, 0.6) is 0 Å². The minimum absolute atomic E-state index is 0.179. The van der Waals surface area contributed by atoms with E-state index >= 15 is 0 Å². The van der Waals surface area contributed by atoms with Gasteiger partial charge in [0.25, 0.3) is 0 Å². The van der Waals surface area contributed by atoms with Crippen molar-refractivity contribution in [3.05, 3.63) is 24.3 Å². The van der Waals surface area contributed by atoms with Crippen LogP contribution < -0.4 is 16.0 Å². The molecule has 2 aliphatic rings. The van der Waals surface area contributed by atoms with E-state index in [1.807, 2.05) is 4.90 Å². The molecular formula is C18H23N5O5. The second-order valence-corrected chi connectivity index (χ2v) is 6.82. The van der Waals surface area contributed by atoms with Crippen LogP contribution in [0.25, 0.3) is 0 Å². The number of hydrogen-bond donors (Lipinski definition) is 4. The van der Waals surface area contributed by atoms with Crippen molar-refractivity contribution in [1.29, 1.82) is 0 Å². The summed E-state index contributed by atoms with van der Waals surface area (Å²) in [5.41, 5.74) is 1.26. The molecule has 1 aromatic rings. The van der Waals surface area contributed by atoms with E-state index < -0.39 is 12.1 Å². The van der Waals surface area contributed by atoms with Crippen molar-refractivity contribution < 1.29 is 24.3 Å². The maximum atomic E-state index is 12.3. The molecule has 28 heavy (non-hydrogen) atoms. The Morgan fingerprint density at radius 3 is 2.54 bits per heavy atom. The summed E-state index contributed by atoms with van der Waals surface area (Å²) in [7, 11) is 0. The molecule has 150 valence electrons. The van der Waals surface area contributed by atoms with Gasteiger partial charge in [0.05, 0.1) is 6.54 Å². The first-order chi connectivity index (χ1) is 13.4. The molecule has 0 radical (unpaired) electrons. The number of amides is 4. The second-order valence-electron chi connectivity index (χ2n) is 6.82. The molecule has 2 fully saturated rings. The van der Waals surface area contributed by atoms with Gasteiger partial charge in [0.1, 0.15) is 6.04 Å². The molecule has 10 heteroatoms. The van der Waals surface area contributed by atoms with E-state index in [2.05, 4.69) is 16.0 Å². The Bertz CT molecular complexity index is 775. The number of carbonyl (C=O) groups excluding carboxylic acids is 3. The Hall–Kier alpha value is -3.14. The molecular weight excluding hydrogens is 366 g/mol. The highest BCUT2D eigenvalue weighted by Gasteiger charge is 2.26. The average Bonchev–Trinajstić information content (AvgIpc) is 2.65. The topological polar surface area (TPSA) is 131 Å². The molecule has 4 N–H and O–H groups in total. The Labute approximate surface area is 161 Å². The quantitative estimate of drug-likeness (QED) is 0.527. The van der Waals surface area contributed by atoms with Crippen LogP contribution in [0.2, 0.25) is 0 Å². The van der Waals surface area contributed by atoms with Gasteiger partial charge in [-0.15, -0.1) is 0 Å². The highest BCUT2D eigenvalue weighted by Crippen LogP contribution is 2.18. The predicted octanol–water partition coefficient (Wildman–Crippen LogP) is 0.138. The number of imide groups is 1. The molecule has 1 atom stereocenters. The van der Waals surface area contributed by atoms with Crippen LogP contribution in [0, 0.1) is 0 Å². The van der Waals surface area contributed by atoms with Crippen molar-refractivity contribution in [2.75, 3.05) is 43.4 Å². The fourth-order valence-electron chi connectivity index (χ4n) is 3.22. The molecule has 3 rings (SSSR count). The maximum absolute atomic E-state index is 12.3. The Kier molecular flexibility index (Phi) is 6.09. The van der Waals surface area contributed by atoms with E-state index in [4.69, 9.17) is 5.11 Å². The van der Waals surface area contributed by atoms with Crippen molar-refractivity contribution in [3.63, 3.8) is 0 Å². The number of piperidine rings is 1. The molecule has 1 unspecified atom stereocenters. The zero-order valence-corrected chi connectivity index (χ0v) is 15.3. The van der Waals surface area contributed by atoms with Gasteiger partial charge in [0.15, 0.2) is 0 Å². The summed E-state index contributed by atoms with van der Waals surface area (Å²) in [6.45, 7) is 1.97. The fourth-order valence-corrected chi connectivity index (χ4v) is 3.22. The highest BCUT2D eigenvalue weighted by atomic mass is 16.4. The molecule has 2 saturated heterocycles. The first kappa shape index (κ1) is 19.6. The summed E-state index contributed by atoms with van der Waals surface area (Å²) in [5, 5.41) is 17.1. The second kappa shape index (κ2) is 8.70. The number of carboxylic acid groups (broad SMARTS) is 1. The predicted molar refractivity (Wildman–Crippen MR) is 101 cm³/mol. The van der Waals surface area contributed by atoms with Crippen molar-refractivity contribution in [3.8, 4) is 0 Å². The summed E-state index contributed by atoms with van der Waals surface area (Å²) in [4.78, 5) is 49.5. The molecule has 0 spiro atoms. The summed E-state index contributed by atoms with van der Waals surface area (Å²) < 4.78 is 0. The summed E-state index contributed by atoms with van der Waals surface area (Å²) in [6.07, 6.45) is -0.233. The molecule has 1 aromatic carbocycles. The van der Waals surface area contributed by atoms with Gasteiger partial charge < -0.3 is 20.6 Å². The molecule has 0 saturated carbocycles. The first-order valence-electron chi connectivity index (χ1n) is 9.11. The molecule has 2 aliphatic heterocycles. The minimum Gasteiger partial charge on any atom is -0.465 e. The number of hydrogen-bond acceptors (Lipinski definition) is 6. The van der Waals surface area contributed by atoms with E-state index in [1.54, 1.807) is 24.3 Å². The third kappa shape index (κ3) is 5.19. The normalized spacial score (nSPS) is 20.4.